The van der Waals surface area contributed by atoms with E-state index < -0.39 is 28.4 Å². The van der Waals surface area contributed by atoms with Crippen LogP contribution in [0.15, 0.2) is 12.1 Å². The Morgan fingerprint density at radius 3 is 2.68 bits per heavy atom. The Labute approximate surface area is 109 Å². The largest absolute Gasteiger partial charge is 0.394 e. The fourth-order valence-electron chi connectivity index (χ4n) is 1.69. The molecule has 19 heavy (non-hydrogen) atoms. The summed E-state index contributed by atoms with van der Waals surface area (Å²) in [5.41, 5.74) is -0.687. The van der Waals surface area contributed by atoms with Gasteiger partial charge in [-0.15, -0.1) is 0 Å². The molecule has 0 aliphatic heterocycles. The molecule has 0 fully saturated rings. The average molecular weight is 270 g/mol. The van der Waals surface area contributed by atoms with Crippen LogP contribution in [0, 0.1) is 22.9 Å². The molecule has 0 saturated carbocycles. The molecule has 1 unspecified atom stereocenters. The first-order valence-corrected chi connectivity index (χ1v) is 5.77. The van der Waals surface area contributed by atoms with Gasteiger partial charge in [0.2, 0.25) is 0 Å². The van der Waals surface area contributed by atoms with E-state index in [1.165, 1.54) is 6.92 Å². The van der Waals surface area contributed by atoms with Crippen LogP contribution in [0.25, 0.3) is 0 Å². The van der Waals surface area contributed by atoms with Crippen molar-refractivity contribution >= 4 is 11.6 Å². The third-order valence-corrected chi connectivity index (χ3v) is 2.74. The molecule has 0 heterocycles. The second-order valence-electron chi connectivity index (χ2n) is 4.14. The van der Waals surface area contributed by atoms with Gasteiger partial charge in [-0.2, -0.15) is 0 Å². The number of carbonyl (C=O) groups excluding carboxylic acids is 1. The van der Waals surface area contributed by atoms with Crippen LogP contribution >= 0.6 is 0 Å². The van der Waals surface area contributed by atoms with Crippen molar-refractivity contribution in [3.8, 4) is 0 Å². The molecule has 0 bridgehead atoms. The van der Waals surface area contributed by atoms with E-state index in [0.29, 0.717) is 6.42 Å². The zero-order valence-electron chi connectivity index (χ0n) is 10.6. The first-order chi connectivity index (χ1) is 8.90. The van der Waals surface area contributed by atoms with Gasteiger partial charge in [0.25, 0.3) is 11.6 Å². The number of nitro benzene ring substituents is 1. The number of nitrogens with one attached hydrogen (secondary N) is 1. The van der Waals surface area contributed by atoms with Crippen LogP contribution in [0.1, 0.15) is 29.3 Å². The predicted octanol–water partition coefficient (Wildman–Crippen LogP) is 1.54. The number of nitro groups is 1. The molecule has 0 aliphatic carbocycles. The summed E-state index contributed by atoms with van der Waals surface area (Å²) >= 11 is 0. The van der Waals surface area contributed by atoms with Gasteiger partial charge in [-0.05, 0) is 25.5 Å². The highest BCUT2D eigenvalue weighted by Crippen LogP contribution is 2.24. The quantitative estimate of drug-likeness (QED) is 0.627. The summed E-state index contributed by atoms with van der Waals surface area (Å²) in [4.78, 5) is 22.1. The molecule has 1 rings (SSSR count). The number of benzene rings is 1. The van der Waals surface area contributed by atoms with E-state index in [1.807, 2.05) is 0 Å². The van der Waals surface area contributed by atoms with Crippen molar-refractivity contribution in [3.05, 3.63) is 39.2 Å². The number of aliphatic hydroxyl groups excluding tert-OH is 1. The third-order valence-electron chi connectivity index (χ3n) is 2.74. The van der Waals surface area contributed by atoms with Crippen molar-refractivity contribution in [2.75, 3.05) is 6.61 Å². The summed E-state index contributed by atoms with van der Waals surface area (Å²) in [5.74, 6) is -1.49. The maximum absolute atomic E-state index is 13.3. The van der Waals surface area contributed by atoms with E-state index in [0.717, 1.165) is 12.1 Å². The van der Waals surface area contributed by atoms with E-state index in [2.05, 4.69) is 5.32 Å². The lowest BCUT2D eigenvalue weighted by molar-refractivity contribution is -0.385. The summed E-state index contributed by atoms with van der Waals surface area (Å²) in [6.07, 6.45) is 0.463. The standard InChI is InChI=1S/C12H15FN2O4/c1-3-9(6-16)14-12(17)10-5-8(13)4-7(2)11(10)15(18)19/h4-5,9,16H,3,6H2,1-2H3,(H,14,17). The molecular formula is C12H15FN2O4. The number of amides is 1. The smallest absolute Gasteiger partial charge is 0.285 e. The Bertz CT molecular complexity index is 501. The Balaban J connectivity index is 3.18. The van der Waals surface area contributed by atoms with Gasteiger partial charge >= 0.3 is 0 Å². The monoisotopic (exact) mass is 270 g/mol. The molecule has 0 aromatic heterocycles. The molecule has 1 aromatic carbocycles. The molecule has 1 aromatic rings. The fourth-order valence-corrected chi connectivity index (χ4v) is 1.69. The minimum Gasteiger partial charge on any atom is -0.394 e. The number of hydrogen-bond acceptors (Lipinski definition) is 4. The lowest BCUT2D eigenvalue weighted by Crippen LogP contribution is -2.37. The van der Waals surface area contributed by atoms with Crippen molar-refractivity contribution in [1.29, 1.82) is 0 Å². The third kappa shape index (κ3) is 3.47. The maximum atomic E-state index is 13.3. The van der Waals surface area contributed by atoms with Crippen LogP contribution in [0.2, 0.25) is 0 Å². The highest BCUT2D eigenvalue weighted by molar-refractivity contribution is 5.98. The molecule has 0 aliphatic rings. The van der Waals surface area contributed by atoms with Crippen LogP contribution in [0.4, 0.5) is 10.1 Å². The number of rotatable bonds is 5. The van der Waals surface area contributed by atoms with Crippen molar-refractivity contribution in [2.45, 2.75) is 26.3 Å². The lowest BCUT2D eigenvalue weighted by atomic mass is 10.1. The molecule has 2 N–H and O–H groups in total. The second kappa shape index (κ2) is 6.24. The summed E-state index contributed by atoms with van der Waals surface area (Å²) in [6.45, 7) is 2.82. The van der Waals surface area contributed by atoms with E-state index in [4.69, 9.17) is 5.11 Å². The predicted molar refractivity (Wildman–Crippen MR) is 66.4 cm³/mol. The normalized spacial score (nSPS) is 12.0. The van der Waals surface area contributed by atoms with E-state index in [-0.39, 0.29) is 17.7 Å². The number of carbonyl (C=O) groups is 1. The van der Waals surface area contributed by atoms with Gasteiger partial charge in [0.1, 0.15) is 11.4 Å². The van der Waals surface area contributed by atoms with Gasteiger partial charge in [0, 0.05) is 5.56 Å². The van der Waals surface area contributed by atoms with Gasteiger partial charge < -0.3 is 10.4 Å². The van der Waals surface area contributed by atoms with Crippen molar-refractivity contribution < 1.29 is 19.2 Å². The van der Waals surface area contributed by atoms with Gasteiger partial charge in [0.15, 0.2) is 0 Å². The van der Waals surface area contributed by atoms with Crippen molar-refractivity contribution in [1.82, 2.24) is 5.32 Å². The molecule has 1 amide bonds. The first kappa shape index (κ1) is 15.0. The number of aryl methyl sites for hydroxylation is 1. The Morgan fingerprint density at radius 2 is 2.21 bits per heavy atom. The van der Waals surface area contributed by atoms with Crippen LogP contribution < -0.4 is 5.32 Å². The highest BCUT2D eigenvalue weighted by atomic mass is 19.1. The number of hydrogen-bond donors (Lipinski definition) is 2. The topological polar surface area (TPSA) is 92.5 Å². The molecule has 0 spiro atoms. The molecule has 0 saturated heterocycles. The Morgan fingerprint density at radius 1 is 1.58 bits per heavy atom. The molecule has 6 nitrogen and oxygen atoms in total. The van der Waals surface area contributed by atoms with Gasteiger partial charge in [-0.1, -0.05) is 6.92 Å². The highest BCUT2D eigenvalue weighted by Gasteiger charge is 2.25. The van der Waals surface area contributed by atoms with Crippen LogP contribution in [-0.4, -0.2) is 28.6 Å². The first-order valence-electron chi connectivity index (χ1n) is 5.77. The van der Waals surface area contributed by atoms with Crippen LogP contribution in [0.5, 0.6) is 0 Å². The number of aliphatic hydroxyl groups is 1. The van der Waals surface area contributed by atoms with E-state index in [9.17, 15) is 19.3 Å². The number of halogens is 1. The maximum Gasteiger partial charge on any atom is 0.285 e. The molecule has 0 radical (unpaired) electrons. The molecular weight excluding hydrogens is 255 g/mol. The summed E-state index contributed by atoms with van der Waals surface area (Å²) < 4.78 is 13.3. The summed E-state index contributed by atoms with van der Waals surface area (Å²) in [7, 11) is 0. The molecule has 7 heteroatoms. The summed E-state index contributed by atoms with van der Waals surface area (Å²) in [6, 6.07) is 1.30. The minimum atomic E-state index is -0.768. The van der Waals surface area contributed by atoms with E-state index >= 15 is 0 Å². The zero-order chi connectivity index (χ0) is 14.6. The molecule has 104 valence electrons. The van der Waals surface area contributed by atoms with Crippen molar-refractivity contribution in [3.63, 3.8) is 0 Å². The zero-order valence-corrected chi connectivity index (χ0v) is 10.6. The van der Waals surface area contributed by atoms with Gasteiger partial charge in [0.05, 0.1) is 17.6 Å². The summed E-state index contributed by atoms with van der Waals surface area (Å²) in [5, 5.41) is 22.3. The average Bonchev–Trinajstić information content (AvgIpc) is 2.33. The minimum absolute atomic E-state index is 0.0761. The lowest BCUT2D eigenvalue weighted by Gasteiger charge is -2.14. The van der Waals surface area contributed by atoms with Crippen LogP contribution in [0.3, 0.4) is 0 Å². The van der Waals surface area contributed by atoms with E-state index in [1.54, 1.807) is 6.92 Å². The van der Waals surface area contributed by atoms with Gasteiger partial charge in [-0.3, -0.25) is 14.9 Å². The second-order valence-corrected chi connectivity index (χ2v) is 4.14. The van der Waals surface area contributed by atoms with Crippen molar-refractivity contribution in [2.24, 2.45) is 0 Å². The van der Waals surface area contributed by atoms with Gasteiger partial charge in [-0.25, -0.2) is 4.39 Å². The molecule has 1 atom stereocenters. The Kier molecular flexibility index (Phi) is 4.94. The SMILES string of the molecule is CCC(CO)NC(=O)c1cc(F)cc(C)c1[N+](=O)[O-]. The van der Waals surface area contributed by atoms with Crippen LogP contribution in [-0.2, 0) is 0 Å². The fraction of sp³-hybridized carbons (Fsp3) is 0.417. The Hall–Kier alpha value is -2.02. The number of nitrogens with zero attached hydrogens (tertiary/aromatic N) is 1.